The van der Waals surface area contributed by atoms with E-state index in [9.17, 15) is 0 Å². The monoisotopic (exact) mass is 948 g/mol. The highest BCUT2D eigenvalue weighted by Crippen LogP contribution is 2.57. The summed E-state index contributed by atoms with van der Waals surface area (Å²) in [5, 5.41) is 4.54. The molecule has 0 saturated heterocycles. The number of hydrogen-bond donors (Lipinski definition) is 0. The molecule has 2 heterocycles. The fourth-order valence-electron chi connectivity index (χ4n) is 13.2. The van der Waals surface area contributed by atoms with Crippen LogP contribution in [0.15, 0.2) is 198 Å². The first-order chi connectivity index (χ1) is 35.2. The molecule has 0 N–H and O–H groups in total. The minimum atomic E-state index is -0.156. The van der Waals surface area contributed by atoms with E-state index in [1.807, 2.05) is 0 Å². The van der Waals surface area contributed by atoms with E-state index in [1.165, 1.54) is 78.0 Å². The van der Waals surface area contributed by atoms with Crippen LogP contribution in [-0.2, 0) is 10.8 Å². The molecule has 1 aromatic heterocycles. The number of nitrogens with zero attached hydrogens (tertiary/aromatic N) is 2. The molecule has 4 aliphatic carbocycles. The van der Waals surface area contributed by atoms with E-state index in [0.29, 0.717) is 0 Å². The van der Waals surface area contributed by atoms with Gasteiger partial charge in [0, 0.05) is 67.6 Å². The van der Waals surface area contributed by atoms with Crippen LogP contribution in [0.1, 0.15) is 101 Å². The second-order valence-corrected chi connectivity index (χ2v) is 23.3. The molecule has 0 fully saturated rings. The van der Waals surface area contributed by atoms with E-state index in [0.717, 1.165) is 68.7 Å². The number of anilines is 5. The molecular formula is C69H60N2O2. The minimum absolute atomic E-state index is 0.0323. The standard InChI is InChI=1S/C69H60N2O2/c1-41-21-26-46(27-22-41)71(49-32-34-53-51-16-10-13-19-57(51)69(7,8)59(53)39-49)60-40-63-64(65-54-17-11-14-20-61(54)73-66(60)65)55-36-42-23-28-47(35-43(42)37-62(55)72-63)70(45-29-24-44(25-30-45)67(2,3)4)48-31-33-52-50-15-9-12-18-56(50)68(5,6)58(52)38-48/h9-24,26-29,31-40,54,61H,25,30H2,1-8H3. The number of aryl methyl sites for hydroxylation is 1. The zero-order chi connectivity index (χ0) is 49.7. The summed E-state index contributed by atoms with van der Waals surface area (Å²) in [6.07, 6.45) is 15.4. The van der Waals surface area contributed by atoms with Crippen molar-refractivity contribution in [3.8, 4) is 28.0 Å². The largest absolute Gasteiger partial charge is 0.483 e. The number of furan rings is 1. The van der Waals surface area contributed by atoms with Crippen molar-refractivity contribution >= 4 is 61.1 Å². The molecule has 8 aromatic carbocycles. The molecule has 5 aliphatic rings. The molecule has 14 rings (SSSR count). The Balaban J connectivity index is 0.942. The minimum Gasteiger partial charge on any atom is -0.483 e. The van der Waals surface area contributed by atoms with Crippen LogP contribution in [0.3, 0.4) is 0 Å². The molecule has 0 bridgehead atoms. The normalized spacial score (nSPS) is 18.4. The summed E-state index contributed by atoms with van der Waals surface area (Å²) in [6.45, 7) is 18.6. The number of hydrogen-bond acceptors (Lipinski definition) is 4. The molecule has 4 nitrogen and oxygen atoms in total. The predicted molar refractivity (Wildman–Crippen MR) is 305 cm³/mol. The number of fused-ring (bicyclic) bond motifs is 14. The van der Waals surface area contributed by atoms with Crippen LogP contribution < -0.4 is 14.5 Å². The molecule has 4 heteroatoms. The molecule has 1 aliphatic heterocycles. The maximum absolute atomic E-state index is 7.19. The summed E-state index contributed by atoms with van der Waals surface area (Å²) in [5.41, 5.74) is 23.0. The zero-order valence-corrected chi connectivity index (χ0v) is 43.1. The van der Waals surface area contributed by atoms with Gasteiger partial charge in [0.05, 0.1) is 5.69 Å². The van der Waals surface area contributed by atoms with Crippen molar-refractivity contribution in [3.05, 3.63) is 227 Å². The molecule has 0 spiro atoms. The maximum Gasteiger partial charge on any atom is 0.149 e. The van der Waals surface area contributed by atoms with E-state index >= 15 is 0 Å². The van der Waals surface area contributed by atoms with Gasteiger partial charge >= 0.3 is 0 Å². The summed E-state index contributed by atoms with van der Waals surface area (Å²) in [7, 11) is 0. The molecule has 0 radical (unpaired) electrons. The highest BCUT2D eigenvalue weighted by atomic mass is 16.5. The lowest BCUT2D eigenvalue weighted by molar-refractivity contribution is 0.269. The average molecular weight is 949 g/mol. The first-order valence-corrected chi connectivity index (χ1v) is 26.3. The molecular weight excluding hydrogens is 889 g/mol. The Kier molecular flexibility index (Phi) is 9.38. The average Bonchev–Trinajstić information content (AvgIpc) is 4.09. The third kappa shape index (κ3) is 6.58. The van der Waals surface area contributed by atoms with Crippen molar-refractivity contribution in [2.75, 3.05) is 9.80 Å². The van der Waals surface area contributed by atoms with Gasteiger partial charge in [-0.15, -0.1) is 0 Å². The van der Waals surface area contributed by atoms with Gasteiger partial charge in [0.1, 0.15) is 23.0 Å². The van der Waals surface area contributed by atoms with Crippen molar-refractivity contribution in [1.29, 1.82) is 0 Å². The van der Waals surface area contributed by atoms with Gasteiger partial charge in [-0.3, -0.25) is 0 Å². The van der Waals surface area contributed by atoms with Gasteiger partial charge in [0.2, 0.25) is 0 Å². The van der Waals surface area contributed by atoms with Crippen LogP contribution in [0.25, 0.3) is 55.0 Å². The van der Waals surface area contributed by atoms with Crippen LogP contribution >= 0.6 is 0 Å². The highest BCUT2D eigenvalue weighted by Gasteiger charge is 2.41. The summed E-state index contributed by atoms with van der Waals surface area (Å²) >= 11 is 0. The fourth-order valence-corrected chi connectivity index (χ4v) is 13.2. The van der Waals surface area contributed by atoms with Crippen molar-refractivity contribution in [2.24, 2.45) is 5.41 Å². The Morgan fingerprint density at radius 1 is 0.534 bits per heavy atom. The Labute approximate surface area is 429 Å². The summed E-state index contributed by atoms with van der Waals surface area (Å²) < 4.78 is 14.4. The Hall–Kier alpha value is -7.82. The topological polar surface area (TPSA) is 28.9 Å². The van der Waals surface area contributed by atoms with Crippen molar-refractivity contribution < 1.29 is 9.15 Å². The fraction of sp³-hybridized carbons (Fsp3) is 0.217. The van der Waals surface area contributed by atoms with E-state index < -0.39 is 0 Å². The SMILES string of the molecule is Cc1ccc(N(c2ccc3c(c2)C(C)(C)c2ccccc2-3)c2cc3oc4cc5cc(N(C6=CC=C(C(C)(C)C)CC6)c6ccc7c(c6)C(C)(C)c6ccccc6-7)ccc5cc4c3c3c2OC2C=CC=CC32)cc1. The summed E-state index contributed by atoms with van der Waals surface area (Å²) in [5.74, 6) is 0.936. The zero-order valence-electron chi connectivity index (χ0n) is 43.1. The second kappa shape index (κ2) is 15.6. The Bertz CT molecular complexity index is 3960. The van der Waals surface area contributed by atoms with Crippen LogP contribution in [0.4, 0.5) is 28.4 Å². The van der Waals surface area contributed by atoms with E-state index in [4.69, 9.17) is 9.15 Å². The third-order valence-electron chi connectivity index (χ3n) is 17.2. The van der Waals surface area contributed by atoms with E-state index in [1.54, 1.807) is 0 Å². The number of allylic oxidation sites excluding steroid dienone is 6. The van der Waals surface area contributed by atoms with Gasteiger partial charge < -0.3 is 19.0 Å². The third-order valence-corrected chi connectivity index (χ3v) is 17.2. The van der Waals surface area contributed by atoms with Crippen LogP contribution in [0, 0.1) is 12.3 Å². The van der Waals surface area contributed by atoms with Crippen molar-refractivity contribution in [2.45, 2.75) is 91.1 Å². The molecule has 9 aromatic rings. The highest BCUT2D eigenvalue weighted by molar-refractivity contribution is 6.14. The van der Waals surface area contributed by atoms with E-state index in [-0.39, 0.29) is 28.3 Å². The van der Waals surface area contributed by atoms with Crippen molar-refractivity contribution in [1.82, 2.24) is 0 Å². The van der Waals surface area contributed by atoms with Crippen LogP contribution in [-0.4, -0.2) is 6.10 Å². The quantitative estimate of drug-likeness (QED) is 0.166. The molecule has 2 unspecified atom stereocenters. The van der Waals surface area contributed by atoms with Gasteiger partial charge in [0.15, 0.2) is 0 Å². The molecule has 73 heavy (non-hydrogen) atoms. The lowest BCUT2D eigenvalue weighted by Crippen LogP contribution is -2.21. The van der Waals surface area contributed by atoms with Crippen LogP contribution in [0.2, 0.25) is 0 Å². The maximum atomic E-state index is 7.19. The lowest BCUT2D eigenvalue weighted by atomic mass is 9.81. The van der Waals surface area contributed by atoms with Gasteiger partial charge in [0.25, 0.3) is 0 Å². The lowest BCUT2D eigenvalue weighted by Gasteiger charge is -2.33. The second-order valence-electron chi connectivity index (χ2n) is 23.3. The van der Waals surface area contributed by atoms with Gasteiger partial charge in [-0.2, -0.15) is 0 Å². The first kappa shape index (κ1) is 43.9. The van der Waals surface area contributed by atoms with Crippen LogP contribution in [0.5, 0.6) is 5.75 Å². The van der Waals surface area contributed by atoms with E-state index in [2.05, 4.69) is 247 Å². The van der Waals surface area contributed by atoms with Gasteiger partial charge in [-0.05, 0) is 153 Å². The molecule has 2 atom stereocenters. The Morgan fingerprint density at radius 3 is 1.79 bits per heavy atom. The summed E-state index contributed by atoms with van der Waals surface area (Å²) in [4.78, 5) is 4.90. The number of benzene rings is 8. The molecule has 0 amide bonds. The Morgan fingerprint density at radius 2 is 1.14 bits per heavy atom. The molecule has 0 saturated carbocycles. The van der Waals surface area contributed by atoms with Crippen molar-refractivity contribution in [3.63, 3.8) is 0 Å². The molecule has 358 valence electrons. The smallest absolute Gasteiger partial charge is 0.149 e. The summed E-state index contributed by atoms with van der Waals surface area (Å²) in [6, 6.07) is 54.7. The number of ether oxygens (including phenoxy) is 1. The van der Waals surface area contributed by atoms with Gasteiger partial charge in [-0.1, -0.05) is 163 Å². The van der Waals surface area contributed by atoms with Gasteiger partial charge in [-0.25, -0.2) is 0 Å². The predicted octanol–water partition coefficient (Wildman–Crippen LogP) is 18.9. The number of rotatable bonds is 6. The first-order valence-electron chi connectivity index (χ1n) is 26.3.